The molecule has 11 heteroatoms. The van der Waals surface area contributed by atoms with Crippen molar-refractivity contribution in [2.45, 2.75) is 31.9 Å². The number of pyridine rings is 1. The molecule has 2 aromatic rings. The predicted octanol–water partition coefficient (Wildman–Crippen LogP) is 2.16. The Hall–Kier alpha value is -3.18. The number of Topliss-reactive ketones (excluding diaryl/α,β-unsaturated/α-hetero) is 1. The Bertz CT molecular complexity index is 1330. The summed E-state index contributed by atoms with van der Waals surface area (Å²) < 4.78 is 31.6. The second kappa shape index (κ2) is 9.04. The molecule has 3 heterocycles. The second-order valence-electron chi connectivity index (χ2n) is 9.88. The molecular formula is C25H31N5O5S. The zero-order valence-electron chi connectivity index (χ0n) is 20.9. The second-order valence-corrected chi connectivity index (χ2v) is 11.9. The number of anilines is 4. The monoisotopic (exact) mass is 513 g/mol. The first kappa shape index (κ1) is 24.5. The number of hydrogen-bond acceptors (Lipinski definition) is 8. The Balaban J connectivity index is 1.53. The minimum atomic E-state index is -3.56. The Kier molecular flexibility index (Phi) is 6.16. The lowest BCUT2D eigenvalue weighted by Crippen LogP contribution is -2.51. The maximum absolute atomic E-state index is 12.9. The lowest BCUT2D eigenvalue weighted by atomic mass is 10.1. The summed E-state index contributed by atoms with van der Waals surface area (Å²) in [6.45, 7) is 1.81. The van der Waals surface area contributed by atoms with Gasteiger partial charge in [0.05, 0.1) is 52.9 Å². The van der Waals surface area contributed by atoms with E-state index in [1.54, 1.807) is 25.1 Å². The highest BCUT2D eigenvalue weighted by Gasteiger charge is 2.33. The topological polar surface area (TPSA) is 112 Å². The van der Waals surface area contributed by atoms with Gasteiger partial charge in [-0.1, -0.05) is 0 Å². The molecular weight excluding hydrogens is 482 g/mol. The molecule has 0 atom stereocenters. The van der Waals surface area contributed by atoms with Gasteiger partial charge in [-0.3, -0.25) is 18.9 Å². The van der Waals surface area contributed by atoms with Crippen LogP contribution in [0.5, 0.6) is 0 Å². The summed E-state index contributed by atoms with van der Waals surface area (Å²) in [7, 11) is 1.33. The number of hydrogen-bond donors (Lipinski definition) is 1. The molecule has 1 aromatic carbocycles. The van der Waals surface area contributed by atoms with Crippen LogP contribution in [0.3, 0.4) is 0 Å². The fourth-order valence-electron chi connectivity index (χ4n) is 4.62. The first-order chi connectivity index (χ1) is 17.0. The SMILES string of the molecule is COC1CN(c2ccc(Nc3cc(CC(=O)C4CC4)nc4c3C(=O)N(C)C4)c(N(C)S(C)(=O)=O)c2)C1. The lowest BCUT2D eigenvalue weighted by Gasteiger charge is -2.40. The summed E-state index contributed by atoms with van der Waals surface area (Å²) in [6, 6.07) is 7.30. The van der Waals surface area contributed by atoms with Crippen LogP contribution in [0.15, 0.2) is 24.3 Å². The number of aromatic nitrogens is 1. The van der Waals surface area contributed by atoms with Crippen molar-refractivity contribution < 1.29 is 22.7 Å². The third kappa shape index (κ3) is 4.64. The van der Waals surface area contributed by atoms with Crippen LogP contribution in [0.25, 0.3) is 0 Å². The number of ketones is 1. The number of sulfonamides is 1. The van der Waals surface area contributed by atoms with Gasteiger partial charge in [0, 0.05) is 52.3 Å². The number of amides is 1. The summed E-state index contributed by atoms with van der Waals surface area (Å²) in [6.07, 6.45) is 3.36. The molecule has 1 aliphatic carbocycles. The number of ether oxygens (including phenoxy) is 1. The molecule has 2 aliphatic heterocycles. The molecule has 1 saturated heterocycles. The molecule has 192 valence electrons. The van der Waals surface area contributed by atoms with Crippen molar-refractivity contribution in [1.29, 1.82) is 0 Å². The number of fused-ring (bicyclic) bond motifs is 1. The van der Waals surface area contributed by atoms with E-state index in [9.17, 15) is 18.0 Å². The van der Waals surface area contributed by atoms with Gasteiger partial charge < -0.3 is 19.9 Å². The van der Waals surface area contributed by atoms with Gasteiger partial charge in [0.25, 0.3) is 5.91 Å². The molecule has 5 rings (SSSR count). The van der Waals surface area contributed by atoms with E-state index in [1.807, 2.05) is 18.2 Å². The van der Waals surface area contributed by atoms with Crippen molar-refractivity contribution in [3.8, 4) is 0 Å². The van der Waals surface area contributed by atoms with Crippen LogP contribution in [0, 0.1) is 5.92 Å². The van der Waals surface area contributed by atoms with Crippen LogP contribution in [-0.2, 0) is 32.5 Å². The molecule has 1 saturated carbocycles. The quantitative estimate of drug-likeness (QED) is 0.543. The first-order valence-electron chi connectivity index (χ1n) is 12.0. The van der Waals surface area contributed by atoms with Gasteiger partial charge in [0.15, 0.2) is 0 Å². The van der Waals surface area contributed by atoms with Crippen molar-refractivity contribution in [1.82, 2.24) is 9.88 Å². The maximum Gasteiger partial charge on any atom is 0.257 e. The molecule has 1 N–H and O–H groups in total. The Morgan fingerprint density at radius 2 is 1.94 bits per heavy atom. The van der Waals surface area contributed by atoms with Gasteiger partial charge in [-0.05, 0) is 37.1 Å². The molecule has 10 nitrogen and oxygen atoms in total. The fourth-order valence-corrected chi connectivity index (χ4v) is 5.13. The molecule has 0 unspecified atom stereocenters. The van der Waals surface area contributed by atoms with Crippen LogP contribution >= 0.6 is 0 Å². The highest BCUT2D eigenvalue weighted by Crippen LogP contribution is 2.38. The van der Waals surface area contributed by atoms with Crippen LogP contribution in [-0.4, -0.2) is 76.6 Å². The largest absolute Gasteiger partial charge is 0.378 e. The van der Waals surface area contributed by atoms with E-state index in [4.69, 9.17) is 4.74 Å². The number of nitrogens with zero attached hydrogens (tertiary/aromatic N) is 4. The van der Waals surface area contributed by atoms with E-state index in [1.165, 1.54) is 11.4 Å². The standard InChI is InChI=1S/C25H31N5O5S/c1-28-14-21-24(25(28)32)20(9-16(26-21)10-23(31)15-5-6-15)27-19-8-7-17(30-12-18(13-30)35-3)11-22(19)29(2)36(4,33)34/h7-9,11,15,18H,5-6,10,12-14H2,1-4H3,(H,26,27). The Morgan fingerprint density at radius 3 is 2.58 bits per heavy atom. The summed E-state index contributed by atoms with van der Waals surface area (Å²) >= 11 is 0. The Morgan fingerprint density at radius 1 is 1.22 bits per heavy atom. The zero-order chi connectivity index (χ0) is 25.8. The van der Waals surface area contributed by atoms with Gasteiger partial charge in [-0.2, -0.15) is 0 Å². The predicted molar refractivity (Wildman–Crippen MR) is 137 cm³/mol. The number of benzene rings is 1. The minimum absolute atomic E-state index is 0.113. The molecule has 3 aliphatic rings. The van der Waals surface area contributed by atoms with E-state index in [-0.39, 0.29) is 30.1 Å². The van der Waals surface area contributed by atoms with Crippen LogP contribution in [0.4, 0.5) is 22.7 Å². The highest BCUT2D eigenvalue weighted by molar-refractivity contribution is 7.92. The fraction of sp³-hybridized carbons (Fsp3) is 0.480. The summed E-state index contributed by atoms with van der Waals surface area (Å²) in [5, 5.41) is 3.31. The molecule has 1 aromatic heterocycles. The third-order valence-corrected chi connectivity index (χ3v) is 8.31. The van der Waals surface area contributed by atoms with Gasteiger partial charge in [0.2, 0.25) is 10.0 Å². The average Bonchev–Trinajstić information content (AvgIpc) is 3.59. The van der Waals surface area contributed by atoms with Crippen LogP contribution < -0.4 is 14.5 Å². The number of carbonyl (C=O) groups is 2. The van der Waals surface area contributed by atoms with E-state index >= 15 is 0 Å². The van der Waals surface area contributed by atoms with Gasteiger partial charge in [-0.25, -0.2) is 8.42 Å². The maximum atomic E-state index is 12.9. The van der Waals surface area contributed by atoms with Crippen molar-refractivity contribution >= 4 is 44.5 Å². The molecule has 2 fully saturated rings. The van der Waals surface area contributed by atoms with Crippen LogP contribution in [0.1, 0.15) is 34.6 Å². The highest BCUT2D eigenvalue weighted by atomic mass is 32.2. The molecule has 0 radical (unpaired) electrons. The number of rotatable bonds is 9. The summed E-state index contributed by atoms with van der Waals surface area (Å²) in [5.41, 5.74) is 4.06. The first-order valence-corrected chi connectivity index (χ1v) is 13.8. The molecule has 1 amide bonds. The van der Waals surface area contributed by atoms with E-state index in [0.29, 0.717) is 40.6 Å². The zero-order valence-corrected chi connectivity index (χ0v) is 21.8. The van der Waals surface area contributed by atoms with Crippen LogP contribution in [0.2, 0.25) is 0 Å². The number of carbonyl (C=O) groups excluding carboxylic acids is 2. The van der Waals surface area contributed by atoms with E-state index in [0.717, 1.165) is 37.9 Å². The number of methoxy groups -OCH3 is 1. The molecule has 0 spiro atoms. The van der Waals surface area contributed by atoms with E-state index in [2.05, 4.69) is 15.2 Å². The average molecular weight is 514 g/mol. The Labute approximate surface area is 211 Å². The summed E-state index contributed by atoms with van der Waals surface area (Å²) in [4.78, 5) is 33.7. The van der Waals surface area contributed by atoms with Crippen molar-refractivity contribution in [2.24, 2.45) is 5.92 Å². The molecule has 0 bridgehead atoms. The third-order valence-electron chi connectivity index (χ3n) is 7.12. The lowest BCUT2D eigenvalue weighted by molar-refractivity contribution is -0.119. The van der Waals surface area contributed by atoms with Gasteiger partial charge >= 0.3 is 0 Å². The van der Waals surface area contributed by atoms with Crippen molar-refractivity contribution in [3.05, 3.63) is 41.2 Å². The number of nitrogens with one attached hydrogen (secondary N) is 1. The van der Waals surface area contributed by atoms with E-state index < -0.39 is 10.0 Å². The minimum Gasteiger partial charge on any atom is -0.378 e. The molecule has 36 heavy (non-hydrogen) atoms. The normalized spacial score (nSPS) is 17.7. The van der Waals surface area contributed by atoms with Crippen molar-refractivity contribution in [3.63, 3.8) is 0 Å². The summed E-state index contributed by atoms with van der Waals surface area (Å²) in [5.74, 6) is 0.111. The smallest absolute Gasteiger partial charge is 0.257 e. The van der Waals surface area contributed by atoms with Crippen molar-refractivity contribution in [2.75, 3.05) is 55.1 Å². The van der Waals surface area contributed by atoms with Gasteiger partial charge in [-0.15, -0.1) is 0 Å². The van der Waals surface area contributed by atoms with Gasteiger partial charge in [0.1, 0.15) is 5.78 Å².